The number of nitrogens with zero attached hydrogens (tertiary/aromatic N) is 1. The third kappa shape index (κ3) is 5.57. The lowest BCUT2D eigenvalue weighted by Crippen LogP contribution is -2.47. The molecule has 0 bridgehead atoms. The van der Waals surface area contributed by atoms with Crippen molar-refractivity contribution in [3.05, 3.63) is 53.1 Å². The number of halogens is 1. The van der Waals surface area contributed by atoms with Crippen molar-refractivity contribution in [2.45, 2.75) is 18.9 Å². The van der Waals surface area contributed by atoms with Crippen molar-refractivity contribution in [1.82, 2.24) is 10.2 Å². The summed E-state index contributed by atoms with van der Waals surface area (Å²) in [5.41, 5.74) is 0.497. The average Bonchev–Trinajstić information content (AvgIpc) is 2.78. The summed E-state index contributed by atoms with van der Waals surface area (Å²) in [5, 5.41) is 3.58. The standard InChI is InChI=1S/C22H25ClN2O5/c1-28-18-7-8-19(20(13-18)29-2)22(27)25-11-9-16(10-12-25)24-21(26)14-30-17-5-3-15(23)4-6-17/h3-8,13,16H,9-12,14H2,1-2H3,(H,24,26). The number of carbonyl (C=O) groups is 2. The van der Waals surface area contributed by atoms with Crippen molar-refractivity contribution < 1.29 is 23.8 Å². The Kier molecular flexibility index (Phi) is 7.41. The third-order valence-electron chi connectivity index (χ3n) is 4.97. The van der Waals surface area contributed by atoms with Gasteiger partial charge in [-0.1, -0.05) is 11.6 Å². The molecule has 30 heavy (non-hydrogen) atoms. The fourth-order valence-electron chi connectivity index (χ4n) is 3.32. The molecule has 160 valence electrons. The molecule has 7 nitrogen and oxygen atoms in total. The van der Waals surface area contributed by atoms with E-state index in [9.17, 15) is 9.59 Å². The summed E-state index contributed by atoms with van der Waals surface area (Å²) < 4.78 is 16.0. The summed E-state index contributed by atoms with van der Waals surface area (Å²) >= 11 is 5.83. The summed E-state index contributed by atoms with van der Waals surface area (Å²) in [6, 6.07) is 12.0. The molecule has 1 saturated heterocycles. The van der Waals surface area contributed by atoms with Crippen molar-refractivity contribution >= 4 is 23.4 Å². The minimum atomic E-state index is -0.188. The van der Waals surface area contributed by atoms with Crippen LogP contribution < -0.4 is 19.5 Å². The lowest BCUT2D eigenvalue weighted by molar-refractivity contribution is -0.124. The second kappa shape index (κ2) is 10.2. The number of hydrogen-bond acceptors (Lipinski definition) is 5. The molecular formula is C22H25ClN2O5. The Balaban J connectivity index is 1.48. The van der Waals surface area contributed by atoms with E-state index in [0.29, 0.717) is 53.8 Å². The molecule has 0 unspecified atom stereocenters. The first kappa shape index (κ1) is 21.8. The summed E-state index contributed by atoms with van der Waals surface area (Å²) in [6.07, 6.45) is 1.35. The molecule has 1 aliphatic rings. The van der Waals surface area contributed by atoms with E-state index >= 15 is 0 Å². The second-order valence-electron chi connectivity index (χ2n) is 6.94. The van der Waals surface area contributed by atoms with E-state index < -0.39 is 0 Å². The Bertz CT molecular complexity index is 880. The summed E-state index contributed by atoms with van der Waals surface area (Å²) in [5.74, 6) is 1.42. The Morgan fingerprint density at radius 3 is 2.33 bits per heavy atom. The van der Waals surface area contributed by atoms with Gasteiger partial charge in [-0.15, -0.1) is 0 Å². The Hall–Kier alpha value is -2.93. The number of carbonyl (C=O) groups excluding carboxylic acids is 2. The van der Waals surface area contributed by atoms with Crippen LogP contribution in [-0.4, -0.2) is 56.7 Å². The predicted molar refractivity (Wildman–Crippen MR) is 114 cm³/mol. The van der Waals surface area contributed by atoms with E-state index in [1.54, 1.807) is 54.5 Å². The van der Waals surface area contributed by atoms with Gasteiger partial charge in [0.2, 0.25) is 0 Å². The van der Waals surface area contributed by atoms with E-state index in [1.165, 1.54) is 7.11 Å². The van der Waals surface area contributed by atoms with Crippen LogP contribution in [0.25, 0.3) is 0 Å². The number of piperidine rings is 1. The zero-order chi connectivity index (χ0) is 21.5. The molecule has 0 spiro atoms. The fraction of sp³-hybridized carbons (Fsp3) is 0.364. The number of hydrogen-bond donors (Lipinski definition) is 1. The molecule has 0 aromatic heterocycles. The van der Waals surface area contributed by atoms with Crippen LogP contribution in [0.1, 0.15) is 23.2 Å². The molecule has 0 atom stereocenters. The Morgan fingerprint density at radius 2 is 1.70 bits per heavy atom. The number of rotatable bonds is 7. The average molecular weight is 433 g/mol. The highest BCUT2D eigenvalue weighted by molar-refractivity contribution is 6.30. The van der Waals surface area contributed by atoms with Gasteiger partial charge in [0.15, 0.2) is 6.61 Å². The largest absolute Gasteiger partial charge is 0.497 e. The van der Waals surface area contributed by atoms with Gasteiger partial charge in [-0.2, -0.15) is 0 Å². The monoisotopic (exact) mass is 432 g/mol. The lowest BCUT2D eigenvalue weighted by atomic mass is 10.0. The molecule has 2 amide bonds. The minimum absolute atomic E-state index is 0.00753. The van der Waals surface area contributed by atoms with Gasteiger partial charge in [0.1, 0.15) is 17.2 Å². The van der Waals surface area contributed by atoms with Crippen LogP contribution in [0.5, 0.6) is 17.2 Å². The fourth-order valence-corrected chi connectivity index (χ4v) is 3.45. The highest BCUT2D eigenvalue weighted by Crippen LogP contribution is 2.26. The molecular weight excluding hydrogens is 408 g/mol. The maximum Gasteiger partial charge on any atom is 0.258 e. The number of benzene rings is 2. The number of methoxy groups -OCH3 is 2. The zero-order valence-electron chi connectivity index (χ0n) is 17.0. The maximum absolute atomic E-state index is 12.9. The van der Waals surface area contributed by atoms with E-state index in [0.717, 1.165) is 0 Å². The number of ether oxygens (including phenoxy) is 3. The number of nitrogens with one attached hydrogen (secondary N) is 1. The normalized spacial score (nSPS) is 14.2. The minimum Gasteiger partial charge on any atom is -0.497 e. The van der Waals surface area contributed by atoms with Crippen molar-refractivity contribution in [3.8, 4) is 17.2 Å². The number of likely N-dealkylation sites (tertiary alicyclic amines) is 1. The van der Waals surface area contributed by atoms with Crippen LogP contribution in [-0.2, 0) is 4.79 Å². The smallest absolute Gasteiger partial charge is 0.258 e. The highest BCUT2D eigenvalue weighted by atomic mass is 35.5. The van der Waals surface area contributed by atoms with Gasteiger partial charge in [0.05, 0.1) is 19.8 Å². The van der Waals surface area contributed by atoms with Gasteiger partial charge in [0.25, 0.3) is 11.8 Å². The molecule has 8 heteroatoms. The van der Waals surface area contributed by atoms with Gasteiger partial charge in [-0.3, -0.25) is 9.59 Å². The predicted octanol–water partition coefficient (Wildman–Crippen LogP) is 3.16. The van der Waals surface area contributed by atoms with Crippen LogP contribution in [0.15, 0.2) is 42.5 Å². The van der Waals surface area contributed by atoms with Crippen LogP contribution in [0.4, 0.5) is 0 Å². The molecule has 3 rings (SSSR count). The van der Waals surface area contributed by atoms with Crippen LogP contribution in [0.3, 0.4) is 0 Å². The first-order valence-electron chi connectivity index (χ1n) is 9.69. The van der Waals surface area contributed by atoms with E-state index in [4.69, 9.17) is 25.8 Å². The molecule has 0 saturated carbocycles. The van der Waals surface area contributed by atoms with Crippen molar-refractivity contribution in [3.63, 3.8) is 0 Å². The molecule has 2 aromatic rings. The van der Waals surface area contributed by atoms with Gasteiger partial charge in [0, 0.05) is 30.2 Å². The van der Waals surface area contributed by atoms with Crippen molar-refractivity contribution in [2.75, 3.05) is 33.9 Å². The van der Waals surface area contributed by atoms with E-state index in [1.807, 2.05) is 0 Å². The van der Waals surface area contributed by atoms with Crippen LogP contribution in [0.2, 0.25) is 5.02 Å². The van der Waals surface area contributed by atoms with Crippen LogP contribution in [0, 0.1) is 0 Å². The molecule has 0 aliphatic carbocycles. The SMILES string of the molecule is COc1ccc(C(=O)N2CCC(NC(=O)COc3ccc(Cl)cc3)CC2)c(OC)c1. The quantitative estimate of drug-likeness (QED) is 0.727. The van der Waals surface area contributed by atoms with Gasteiger partial charge < -0.3 is 24.4 Å². The third-order valence-corrected chi connectivity index (χ3v) is 5.22. The van der Waals surface area contributed by atoms with Gasteiger partial charge in [-0.05, 0) is 49.2 Å². The van der Waals surface area contributed by atoms with Crippen LogP contribution >= 0.6 is 11.6 Å². The molecule has 0 radical (unpaired) electrons. The highest BCUT2D eigenvalue weighted by Gasteiger charge is 2.26. The molecule has 1 heterocycles. The first-order valence-corrected chi connectivity index (χ1v) is 10.1. The molecule has 1 N–H and O–H groups in total. The summed E-state index contributed by atoms with van der Waals surface area (Å²) in [7, 11) is 3.09. The molecule has 1 fully saturated rings. The zero-order valence-corrected chi connectivity index (χ0v) is 17.8. The molecule has 2 aromatic carbocycles. The second-order valence-corrected chi connectivity index (χ2v) is 7.38. The first-order chi connectivity index (χ1) is 14.5. The summed E-state index contributed by atoms with van der Waals surface area (Å²) in [6.45, 7) is 1.04. The lowest BCUT2D eigenvalue weighted by Gasteiger charge is -2.32. The van der Waals surface area contributed by atoms with Crippen molar-refractivity contribution in [1.29, 1.82) is 0 Å². The number of amides is 2. The van der Waals surface area contributed by atoms with Crippen molar-refractivity contribution in [2.24, 2.45) is 0 Å². The maximum atomic E-state index is 12.9. The van der Waals surface area contributed by atoms with E-state index in [2.05, 4.69) is 5.32 Å². The topological polar surface area (TPSA) is 77.1 Å². The van der Waals surface area contributed by atoms with Gasteiger partial charge in [-0.25, -0.2) is 0 Å². The van der Waals surface area contributed by atoms with Gasteiger partial charge >= 0.3 is 0 Å². The Morgan fingerprint density at radius 1 is 1.03 bits per heavy atom. The Labute approximate surface area is 180 Å². The summed E-state index contributed by atoms with van der Waals surface area (Å²) in [4.78, 5) is 26.8. The van der Waals surface area contributed by atoms with E-state index in [-0.39, 0.29) is 24.5 Å². The molecule has 1 aliphatic heterocycles.